The third kappa shape index (κ3) is 5.41. The fourth-order valence-electron chi connectivity index (χ4n) is 4.81. The van der Waals surface area contributed by atoms with Crippen molar-refractivity contribution < 1.29 is 13.2 Å². The van der Waals surface area contributed by atoms with E-state index in [-0.39, 0.29) is 5.56 Å². The van der Waals surface area contributed by atoms with Gasteiger partial charge in [0.2, 0.25) is 0 Å². The summed E-state index contributed by atoms with van der Waals surface area (Å²) in [7, 11) is 0. The Labute approximate surface area is 161 Å². The van der Waals surface area contributed by atoms with E-state index < -0.39 is 17.5 Å². The van der Waals surface area contributed by atoms with Gasteiger partial charge in [-0.1, -0.05) is 44.1 Å². The van der Waals surface area contributed by atoms with Gasteiger partial charge < -0.3 is 0 Å². The molecule has 27 heavy (non-hydrogen) atoms. The van der Waals surface area contributed by atoms with Gasteiger partial charge >= 0.3 is 0 Å². The fraction of sp³-hybridized carbons (Fsp3) is 0.583. The van der Waals surface area contributed by atoms with Crippen LogP contribution in [0.25, 0.3) is 0 Å². The van der Waals surface area contributed by atoms with Crippen LogP contribution in [0.15, 0.2) is 24.3 Å². The summed E-state index contributed by atoms with van der Waals surface area (Å²) in [6.07, 6.45) is 15.9. The second kappa shape index (κ2) is 9.49. The first-order chi connectivity index (χ1) is 13.1. The molecule has 0 amide bonds. The third-order valence-electron chi connectivity index (χ3n) is 6.60. The molecular weight excluding hydrogens is 345 g/mol. The second-order valence-electron chi connectivity index (χ2n) is 8.25. The molecule has 0 spiro atoms. The lowest BCUT2D eigenvalue weighted by Gasteiger charge is -2.37. The van der Waals surface area contributed by atoms with E-state index in [0.717, 1.165) is 29.9 Å². The summed E-state index contributed by atoms with van der Waals surface area (Å²) >= 11 is 0. The van der Waals surface area contributed by atoms with Gasteiger partial charge in [0.25, 0.3) is 0 Å². The Balaban J connectivity index is 1.46. The first kappa shape index (κ1) is 20.1. The number of benzene rings is 1. The summed E-state index contributed by atoms with van der Waals surface area (Å²) < 4.78 is 39.3. The minimum atomic E-state index is -1.45. The van der Waals surface area contributed by atoms with Crippen molar-refractivity contribution in [1.82, 2.24) is 0 Å². The number of hydrogen-bond acceptors (Lipinski definition) is 0. The Morgan fingerprint density at radius 3 is 2.00 bits per heavy atom. The zero-order chi connectivity index (χ0) is 19.2. The van der Waals surface area contributed by atoms with Crippen LogP contribution in [-0.4, -0.2) is 0 Å². The smallest absolute Gasteiger partial charge is 0.194 e. The average Bonchev–Trinajstić information content (AvgIpc) is 2.70. The van der Waals surface area contributed by atoms with E-state index in [1.165, 1.54) is 57.8 Å². The lowest BCUT2D eigenvalue weighted by molar-refractivity contribution is 0.154. The molecule has 3 rings (SSSR count). The van der Waals surface area contributed by atoms with Crippen LogP contribution in [0.1, 0.15) is 70.3 Å². The maximum Gasteiger partial charge on any atom is 0.194 e. The highest BCUT2D eigenvalue weighted by atomic mass is 19.2. The standard InChI is InChI=1S/C24H29F3/c1-2-17-7-11-20(12-8-17)21-13-9-18(10-14-21)5-3-4-6-19-15-22(25)24(27)23(26)16-19/h3,5,15-18,20-21H,2,7-14H2,1H3. The number of halogens is 3. The molecule has 0 bridgehead atoms. The van der Waals surface area contributed by atoms with Crippen LogP contribution in [0.4, 0.5) is 13.2 Å². The molecule has 0 unspecified atom stereocenters. The average molecular weight is 374 g/mol. The van der Waals surface area contributed by atoms with Gasteiger partial charge in [-0.05, 0) is 80.4 Å². The molecule has 0 N–H and O–H groups in total. The molecule has 3 heteroatoms. The van der Waals surface area contributed by atoms with Gasteiger partial charge in [0, 0.05) is 5.56 Å². The summed E-state index contributed by atoms with van der Waals surface area (Å²) in [5.41, 5.74) is 0.155. The van der Waals surface area contributed by atoms with Crippen molar-refractivity contribution in [2.75, 3.05) is 0 Å². The molecule has 2 saturated carbocycles. The Morgan fingerprint density at radius 2 is 1.44 bits per heavy atom. The van der Waals surface area contributed by atoms with Crippen LogP contribution in [0.3, 0.4) is 0 Å². The van der Waals surface area contributed by atoms with Gasteiger partial charge in [-0.25, -0.2) is 13.2 Å². The number of allylic oxidation sites excluding steroid dienone is 2. The van der Waals surface area contributed by atoms with Crippen molar-refractivity contribution in [3.63, 3.8) is 0 Å². The normalized spacial score (nSPS) is 28.7. The summed E-state index contributed by atoms with van der Waals surface area (Å²) in [5, 5.41) is 0. The first-order valence-electron chi connectivity index (χ1n) is 10.4. The van der Waals surface area contributed by atoms with Crippen molar-refractivity contribution in [2.45, 2.75) is 64.7 Å². The molecule has 0 heterocycles. The molecule has 1 aromatic carbocycles. The molecular formula is C24H29F3. The zero-order valence-corrected chi connectivity index (χ0v) is 16.1. The SMILES string of the molecule is CCC1CCC(C2CCC(C=CC#Cc3cc(F)c(F)c(F)c3)CC2)CC1. The van der Waals surface area contributed by atoms with E-state index in [4.69, 9.17) is 0 Å². The Kier molecular flexibility index (Phi) is 7.05. The highest BCUT2D eigenvalue weighted by Gasteiger charge is 2.29. The molecule has 2 fully saturated rings. The zero-order valence-electron chi connectivity index (χ0n) is 16.1. The predicted octanol–water partition coefficient (Wildman–Crippen LogP) is 7.03. The van der Waals surface area contributed by atoms with Gasteiger partial charge in [0.1, 0.15) is 0 Å². The van der Waals surface area contributed by atoms with Crippen LogP contribution in [-0.2, 0) is 0 Å². The molecule has 0 aromatic heterocycles. The van der Waals surface area contributed by atoms with Gasteiger partial charge in [-0.15, -0.1) is 0 Å². The topological polar surface area (TPSA) is 0 Å². The molecule has 1 aromatic rings. The Morgan fingerprint density at radius 1 is 0.889 bits per heavy atom. The van der Waals surface area contributed by atoms with Crippen LogP contribution < -0.4 is 0 Å². The molecule has 0 aliphatic heterocycles. The summed E-state index contributed by atoms with van der Waals surface area (Å²) in [6, 6.07) is 1.86. The lowest BCUT2D eigenvalue weighted by Crippen LogP contribution is -2.25. The van der Waals surface area contributed by atoms with E-state index in [1.807, 2.05) is 0 Å². The highest BCUT2D eigenvalue weighted by Crippen LogP contribution is 2.42. The summed E-state index contributed by atoms with van der Waals surface area (Å²) in [5.74, 6) is 4.98. The van der Waals surface area contributed by atoms with Crippen LogP contribution in [0, 0.1) is 53.0 Å². The van der Waals surface area contributed by atoms with Crippen LogP contribution in [0.2, 0.25) is 0 Å². The van der Waals surface area contributed by atoms with Gasteiger partial charge in [0.05, 0.1) is 0 Å². The van der Waals surface area contributed by atoms with E-state index >= 15 is 0 Å². The molecule has 0 nitrogen and oxygen atoms in total. The maximum absolute atomic E-state index is 13.2. The maximum atomic E-state index is 13.2. The highest BCUT2D eigenvalue weighted by molar-refractivity contribution is 5.37. The third-order valence-corrected chi connectivity index (χ3v) is 6.60. The molecule has 0 saturated heterocycles. The molecule has 2 aliphatic rings. The minimum Gasteiger partial charge on any atom is -0.204 e. The molecule has 0 radical (unpaired) electrons. The first-order valence-corrected chi connectivity index (χ1v) is 10.4. The van der Waals surface area contributed by atoms with E-state index in [2.05, 4.69) is 24.8 Å². The van der Waals surface area contributed by atoms with Crippen molar-refractivity contribution in [1.29, 1.82) is 0 Å². The summed E-state index contributed by atoms with van der Waals surface area (Å²) in [4.78, 5) is 0. The fourth-order valence-corrected chi connectivity index (χ4v) is 4.81. The van der Waals surface area contributed by atoms with Gasteiger partial charge in [0.15, 0.2) is 17.5 Å². The lowest BCUT2D eigenvalue weighted by atomic mass is 9.69. The van der Waals surface area contributed by atoms with Crippen molar-refractivity contribution in [3.05, 3.63) is 47.3 Å². The van der Waals surface area contributed by atoms with Crippen LogP contribution >= 0.6 is 0 Å². The predicted molar refractivity (Wildman–Crippen MR) is 104 cm³/mol. The van der Waals surface area contributed by atoms with Crippen LogP contribution in [0.5, 0.6) is 0 Å². The Bertz CT molecular complexity index is 686. The monoisotopic (exact) mass is 374 g/mol. The molecule has 146 valence electrons. The quantitative estimate of drug-likeness (QED) is 0.393. The summed E-state index contributed by atoms with van der Waals surface area (Å²) in [6.45, 7) is 2.31. The van der Waals surface area contributed by atoms with Gasteiger partial charge in [-0.2, -0.15) is 0 Å². The Hall–Kier alpha value is -1.69. The number of rotatable bonds is 3. The van der Waals surface area contributed by atoms with E-state index in [9.17, 15) is 13.2 Å². The van der Waals surface area contributed by atoms with Crippen molar-refractivity contribution >= 4 is 0 Å². The molecule has 2 aliphatic carbocycles. The van der Waals surface area contributed by atoms with E-state index in [1.54, 1.807) is 6.08 Å². The van der Waals surface area contributed by atoms with Gasteiger partial charge in [-0.3, -0.25) is 0 Å². The minimum absolute atomic E-state index is 0.155. The largest absolute Gasteiger partial charge is 0.204 e. The van der Waals surface area contributed by atoms with Crippen molar-refractivity contribution in [2.24, 2.45) is 23.7 Å². The number of hydrogen-bond donors (Lipinski definition) is 0. The van der Waals surface area contributed by atoms with E-state index in [0.29, 0.717) is 5.92 Å². The second-order valence-corrected chi connectivity index (χ2v) is 8.25. The van der Waals surface area contributed by atoms with Crippen molar-refractivity contribution in [3.8, 4) is 11.8 Å². The molecule has 0 atom stereocenters.